The van der Waals surface area contributed by atoms with E-state index in [1.165, 1.54) is 0 Å². The molecule has 1 saturated heterocycles. The summed E-state index contributed by atoms with van der Waals surface area (Å²) in [4.78, 5) is 14.2. The predicted molar refractivity (Wildman–Crippen MR) is 76.4 cm³/mol. The first-order valence-electron chi connectivity index (χ1n) is 6.85. The zero-order valence-electron chi connectivity index (χ0n) is 12.2. The first kappa shape index (κ1) is 14.8. The zero-order valence-corrected chi connectivity index (χ0v) is 12.2. The first-order chi connectivity index (χ1) is 9.56. The Kier molecular flexibility index (Phi) is 4.62. The van der Waals surface area contributed by atoms with Crippen molar-refractivity contribution in [3.8, 4) is 5.75 Å². The Morgan fingerprint density at radius 3 is 2.80 bits per heavy atom. The molecule has 5 heteroatoms. The van der Waals surface area contributed by atoms with E-state index in [1.807, 2.05) is 26.1 Å². The van der Waals surface area contributed by atoms with Crippen molar-refractivity contribution in [1.29, 1.82) is 0 Å². The Bertz CT molecular complexity index is 478. The lowest BCUT2D eigenvalue weighted by atomic mass is 9.99. The van der Waals surface area contributed by atoms with E-state index in [4.69, 9.17) is 4.74 Å². The molecule has 2 N–H and O–H groups in total. The highest BCUT2D eigenvalue weighted by atomic mass is 16.5. The fraction of sp³-hybridized carbons (Fsp3) is 0.533. The summed E-state index contributed by atoms with van der Waals surface area (Å²) >= 11 is 0. The molecule has 3 unspecified atom stereocenters. The maximum Gasteiger partial charge on any atom is 0.229 e. The molecule has 1 aromatic rings. The van der Waals surface area contributed by atoms with E-state index in [0.717, 1.165) is 5.56 Å². The van der Waals surface area contributed by atoms with Gasteiger partial charge in [-0.25, -0.2) is 0 Å². The van der Waals surface area contributed by atoms with Gasteiger partial charge in [0.15, 0.2) is 0 Å². The molecule has 1 amide bonds. The Morgan fingerprint density at radius 2 is 2.15 bits per heavy atom. The standard InChI is InChI=1S/C15H22N2O3/c1-10(11-6-4-5-7-14(11)18)17(3)15(19)12-8-20-9-13(12)16-2/h4-7,10,12-13,16,18H,8-9H2,1-3H3. The molecular weight excluding hydrogens is 256 g/mol. The summed E-state index contributed by atoms with van der Waals surface area (Å²) in [7, 11) is 3.61. The largest absolute Gasteiger partial charge is 0.508 e. The lowest BCUT2D eigenvalue weighted by Gasteiger charge is -2.29. The summed E-state index contributed by atoms with van der Waals surface area (Å²) in [5.41, 5.74) is 0.753. The lowest BCUT2D eigenvalue weighted by Crippen LogP contribution is -2.44. The molecule has 0 aliphatic carbocycles. The third kappa shape index (κ3) is 2.78. The maximum atomic E-state index is 12.6. The molecule has 5 nitrogen and oxygen atoms in total. The minimum atomic E-state index is -0.179. The molecule has 1 aromatic carbocycles. The Balaban J connectivity index is 2.12. The van der Waals surface area contributed by atoms with Crippen LogP contribution in [0, 0.1) is 5.92 Å². The number of likely N-dealkylation sites (N-methyl/N-ethyl adjacent to an activating group) is 1. The van der Waals surface area contributed by atoms with Crippen LogP contribution in [-0.4, -0.2) is 49.3 Å². The number of phenols is 1. The highest BCUT2D eigenvalue weighted by molar-refractivity contribution is 5.80. The number of carbonyl (C=O) groups excluding carboxylic acids is 1. The van der Waals surface area contributed by atoms with Gasteiger partial charge in [-0.05, 0) is 20.0 Å². The van der Waals surface area contributed by atoms with E-state index in [0.29, 0.717) is 13.2 Å². The normalized spacial score (nSPS) is 23.6. The van der Waals surface area contributed by atoms with Crippen LogP contribution in [0.5, 0.6) is 5.75 Å². The van der Waals surface area contributed by atoms with E-state index in [1.54, 1.807) is 24.1 Å². The highest BCUT2D eigenvalue weighted by Crippen LogP contribution is 2.29. The van der Waals surface area contributed by atoms with Crippen molar-refractivity contribution in [2.75, 3.05) is 27.3 Å². The SMILES string of the molecule is CNC1COCC1C(=O)N(C)C(C)c1ccccc1O. The Morgan fingerprint density at radius 1 is 1.45 bits per heavy atom. The molecule has 1 aliphatic heterocycles. The molecular formula is C15H22N2O3. The van der Waals surface area contributed by atoms with Crippen LogP contribution in [-0.2, 0) is 9.53 Å². The number of hydrogen-bond donors (Lipinski definition) is 2. The number of aromatic hydroxyl groups is 1. The smallest absolute Gasteiger partial charge is 0.229 e. The van der Waals surface area contributed by atoms with Gasteiger partial charge in [-0.1, -0.05) is 18.2 Å². The van der Waals surface area contributed by atoms with Crippen molar-refractivity contribution < 1.29 is 14.6 Å². The third-order valence-corrected chi connectivity index (χ3v) is 4.08. The van der Waals surface area contributed by atoms with Crippen LogP contribution in [0.4, 0.5) is 0 Å². The van der Waals surface area contributed by atoms with Crippen LogP contribution in [0.3, 0.4) is 0 Å². The molecule has 110 valence electrons. The number of hydrogen-bond acceptors (Lipinski definition) is 4. The summed E-state index contributed by atoms with van der Waals surface area (Å²) in [6, 6.07) is 6.99. The van der Waals surface area contributed by atoms with Gasteiger partial charge in [0, 0.05) is 18.7 Å². The molecule has 1 heterocycles. The van der Waals surface area contributed by atoms with Gasteiger partial charge in [0.2, 0.25) is 5.91 Å². The number of nitrogens with zero attached hydrogens (tertiary/aromatic N) is 1. The summed E-state index contributed by atoms with van der Waals surface area (Å²) in [5.74, 6) is 0.0865. The molecule has 0 spiro atoms. The van der Waals surface area contributed by atoms with Crippen LogP contribution >= 0.6 is 0 Å². The monoisotopic (exact) mass is 278 g/mol. The number of benzene rings is 1. The van der Waals surface area contributed by atoms with E-state index < -0.39 is 0 Å². The number of para-hydroxylation sites is 1. The molecule has 2 rings (SSSR count). The number of amides is 1. The van der Waals surface area contributed by atoms with Crippen LogP contribution in [0.15, 0.2) is 24.3 Å². The molecule has 20 heavy (non-hydrogen) atoms. The molecule has 3 atom stereocenters. The Labute approximate surface area is 119 Å². The second-order valence-electron chi connectivity index (χ2n) is 5.22. The van der Waals surface area contributed by atoms with Gasteiger partial charge < -0.3 is 20.1 Å². The number of ether oxygens (including phenoxy) is 1. The van der Waals surface area contributed by atoms with Gasteiger partial charge in [0.05, 0.1) is 25.2 Å². The molecule has 0 bridgehead atoms. The van der Waals surface area contributed by atoms with Crippen LogP contribution in [0.2, 0.25) is 0 Å². The Hall–Kier alpha value is -1.59. The van der Waals surface area contributed by atoms with Crippen LogP contribution in [0.1, 0.15) is 18.5 Å². The van der Waals surface area contributed by atoms with Crippen molar-refractivity contribution in [3.63, 3.8) is 0 Å². The predicted octanol–water partition coefficient (Wildman–Crippen LogP) is 1.15. The number of rotatable bonds is 4. The topological polar surface area (TPSA) is 61.8 Å². The summed E-state index contributed by atoms with van der Waals surface area (Å²) in [5, 5.41) is 13.0. The van der Waals surface area contributed by atoms with Crippen molar-refractivity contribution >= 4 is 5.91 Å². The van der Waals surface area contributed by atoms with Gasteiger partial charge in [-0.3, -0.25) is 4.79 Å². The number of phenolic OH excluding ortho intramolecular Hbond substituents is 1. The zero-order chi connectivity index (χ0) is 14.7. The third-order valence-electron chi connectivity index (χ3n) is 4.08. The fourth-order valence-corrected chi connectivity index (χ4v) is 2.58. The van der Waals surface area contributed by atoms with E-state index >= 15 is 0 Å². The van der Waals surface area contributed by atoms with Gasteiger partial charge >= 0.3 is 0 Å². The van der Waals surface area contributed by atoms with Gasteiger partial charge in [-0.15, -0.1) is 0 Å². The van der Waals surface area contributed by atoms with Crippen LogP contribution < -0.4 is 5.32 Å². The number of carbonyl (C=O) groups is 1. The fourth-order valence-electron chi connectivity index (χ4n) is 2.58. The van der Waals surface area contributed by atoms with Crippen molar-refractivity contribution in [3.05, 3.63) is 29.8 Å². The first-order valence-corrected chi connectivity index (χ1v) is 6.85. The average Bonchev–Trinajstić information content (AvgIpc) is 2.94. The summed E-state index contributed by atoms with van der Waals surface area (Å²) in [6.45, 7) is 2.92. The number of nitrogens with one attached hydrogen (secondary N) is 1. The van der Waals surface area contributed by atoms with Crippen molar-refractivity contribution in [2.45, 2.75) is 19.0 Å². The van der Waals surface area contributed by atoms with Crippen molar-refractivity contribution in [1.82, 2.24) is 10.2 Å². The second kappa shape index (κ2) is 6.24. The maximum absolute atomic E-state index is 12.6. The minimum Gasteiger partial charge on any atom is -0.508 e. The average molecular weight is 278 g/mol. The van der Waals surface area contributed by atoms with E-state index in [-0.39, 0.29) is 29.7 Å². The summed E-state index contributed by atoms with van der Waals surface area (Å²) < 4.78 is 5.38. The van der Waals surface area contributed by atoms with Gasteiger partial charge in [-0.2, -0.15) is 0 Å². The summed E-state index contributed by atoms with van der Waals surface area (Å²) in [6.07, 6.45) is 0. The van der Waals surface area contributed by atoms with Gasteiger partial charge in [0.1, 0.15) is 5.75 Å². The highest BCUT2D eigenvalue weighted by Gasteiger charge is 2.36. The molecule has 1 aliphatic rings. The molecule has 0 saturated carbocycles. The lowest BCUT2D eigenvalue weighted by molar-refractivity contribution is -0.136. The van der Waals surface area contributed by atoms with E-state index in [9.17, 15) is 9.90 Å². The van der Waals surface area contributed by atoms with Gasteiger partial charge in [0.25, 0.3) is 0 Å². The molecule has 0 radical (unpaired) electrons. The molecule has 0 aromatic heterocycles. The molecule has 1 fully saturated rings. The minimum absolute atomic E-state index is 0.0394. The van der Waals surface area contributed by atoms with Crippen molar-refractivity contribution in [2.24, 2.45) is 5.92 Å². The quantitative estimate of drug-likeness (QED) is 0.867. The van der Waals surface area contributed by atoms with Crippen LogP contribution in [0.25, 0.3) is 0 Å². The van der Waals surface area contributed by atoms with E-state index in [2.05, 4.69) is 5.32 Å². The second-order valence-corrected chi connectivity index (χ2v) is 5.22.